The summed E-state index contributed by atoms with van der Waals surface area (Å²) < 4.78 is 25.5. The number of carbonyl (C=O) groups excluding carboxylic acids is 1. The van der Waals surface area contributed by atoms with E-state index in [0.717, 1.165) is 47.4 Å². The second-order valence-electron chi connectivity index (χ2n) is 7.84. The van der Waals surface area contributed by atoms with Gasteiger partial charge in [-0.1, -0.05) is 12.1 Å². The van der Waals surface area contributed by atoms with Crippen LogP contribution in [0.1, 0.15) is 46.5 Å². The van der Waals surface area contributed by atoms with Crippen molar-refractivity contribution in [2.24, 2.45) is 0 Å². The number of hydrogen-bond acceptors (Lipinski definition) is 5. The molecule has 0 spiro atoms. The van der Waals surface area contributed by atoms with E-state index in [4.69, 9.17) is 0 Å². The maximum absolute atomic E-state index is 13.0. The monoisotopic (exact) mass is 413 g/mol. The molecule has 1 atom stereocenters. The molecule has 8 nitrogen and oxygen atoms in total. The summed E-state index contributed by atoms with van der Waals surface area (Å²) in [6.45, 7) is 0.446. The lowest BCUT2D eigenvalue weighted by molar-refractivity contribution is 0.0940. The summed E-state index contributed by atoms with van der Waals surface area (Å²) in [4.78, 5) is 20.8. The Morgan fingerprint density at radius 3 is 2.93 bits per heavy atom. The Morgan fingerprint density at radius 1 is 1.28 bits per heavy atom. The first-order valence-electron chi connectivity index (χ1n) is 10.0. The normalized spacial score (nSPS) is 20.2. The Balaban J connectivity index is 1.32. The van der Waals surface area contributed by atoms with Gasteiger partial charge in [-0.3, -0.25) is 9.48 Å². The predicted octanol–water partition coefficient (Wildman–Crippen LogP) is 1.58. The maximum Gasteiger partial charge on any atom is 0.269 e. The molecule has 9 heteroatoms. The lowest BCUT2D eigenvalue weighted by atomic mass is 10.1. The number of aromatic nitrogens is 4. The molecule has 1 unspecified atom stereocenters. The molecule has 2 aromatic heterocycles. The van der Waals surface area contributed by atoms with E-state index in [-0.39, 0.29) is 23.5 Å². The van der Waals surface area contributed by atoms with E-state index < -0.39 is 9.84 Å². The number of nitrogens with zero attached hydrogens (tertiary/aromatic N) is 3. The SMILES string of the molecule is O=C(NCCc1nc2ccccc2[nH]1)c1c2c(nn1C1CCS(=O)(=O)C1)CCC2. The van der Waals surface area contributed by atoms with Crippen LogP contribution in [-0.2, 0) is 29.1 Å². The summed E-state index contributed by atoms with van der Waals surface area (Å²) in [6, 6.07) is 7.58. The highest BCUT2D eigenvalue weighted by Gasteiger charge is 2.35. The number of rotatable bonds is 5. The smallest absolute Gasteiger partial charge is 0.269 e. The highest BCUT2D eigenvalue weighted by atomic mass is 32.2. The van der Waals surface area contributed by atoms with E-state index in [9.17, 15) is 13.2 Å². The Kier molecular flexibility index (Phi) is 4.42. The molecule has 29 heavy (non-hydrogen) atoms. The molecular formula is C20H23N5O3S. The number of nitrogens with one attached hydrogen (secondary N) is 2. The number of aryl methyl sites for hydroxylation is 1. The second kappa shape index (κ2) is 6.98. The first-order valence-corrected chi connectivity index (χ1v) is 11.8. The van der Waals surface area contributed by atoms with Gasteiger partial charge in [-0.05, 0) is 37.8 Å². The van der Waals surface area contributed by atoms with Crippen LogP contribution < -0.4 is 5.32 Å². The molecule has 0 saturated carbocycles. The van der Waals surface area contributed by atoms with E-state index in [2.05, 4.69) is 20.4 Å². The first-order chi connectivity index (χ1) is 14.0. The molecule has 152 valence electrons. The lowest BCUT2D eigenvalue weighted by Gasteiger charge is -2.14. The van der Waals surface area contributed by atoms with Crippen LogP contribution in [0.2, 0.25) is 0 Å². The Hall–Kier alpha value is -2.68. The minimum Gasteiger partial charge on any atom is -0.350 e. The van der Waals surface area contributed by atoms with Crippen molar-refractivity contribution in [1.29, 1.82) is 0 Å². The molecule has 0 radical (unpaired) electrons. The molecule has 3 aromatic rings. The van der Waals surface area contributed by atoms with E-state index in [0.29, 0.717) is 25.1 Å². The van der Waals surface area contributed by atoms with Gasteiger partial charge in [0.05, 0.1) is 34.3 Å². The number of benzene rings is 1. The molecular weight excluding hydrogens is 390 g/mol. The molecule has 2 aliphatic rings. The zero-order chi connectivity index (χ0) is 20.0. The zero-order valence-corrected chi connectivity index (χ0v) is 16.8. The van der Waals surface area contributed by atoms with Crippen LogP contribution in [0.15, 0.2) is 24.3 Å². The summed E-state index contributed by atoms with van der Waals surface area (Å²) in [6.07, 6.45) is 3.76. The highest BCUT2D eigenvalue weighted by Crippen LogP contribution is 2.31. The molecule has 0 bridgehead atoms. The molecule has 1 aliphatic heterocycles. The highest BCUT2D eigenvalue weighted by molar-refractivity contribution is 7.91. The van der Waals surface area contributed by atoms with E-state index >= 15 is 0 Å². The lowest BCUT2D eigenvalue weighted by Crippen LogP contribution is -2.30. The third-order valence-electron chi connectivity index (χ3n) is 5.79. The number of amides is 1. The number of H-pyrrole nitrogens is 1. The quantitative estimate of drug-likeness (QED) is 0.660. The van der Waals surface area contributed by atoms with Crippen molar-refractivity contribution in [1.82, 2.24) is 25.1 Å². The minimum atomic E-state index is -3.05. The van der Waals surface area contributed by atoms with Gasteiger partial charge in [0.1, 0.15) is 11.5 Å². The molecule has 1 saturated heterocycles. The summed E-state index contributed by atoms with van der Waals surface area (Å²) in [7, 11) is -3.05. The van der Waals surface area contributed by atoms with E-state index in [1.807, 2.05) is 24.3 Å². The van der Waals surface area contributed by atoms with Crippen molar-refractivity contribution >= 4 is 26.8 Å². The zero-order valence-electron chi connectivity index (χ0n) is 16.0. The van der Waals surface area contributed by atoms with Gasteiger partial charge in [0, 0.05) is 18.5 Å². The average molecular weight is 414 g/mol. The molecule has 1 fully saturated rings. The van der Waals surface area contributed by atoms with E-state index in [1.54, 1.807) is 4.68 Å². The fraction of sp³-hybridized carbons (Fsp3) is 0.450. The van der Waals surface area contributed by atoms with Crippen molar-refractivity contribution in [3.05, 3.63) is 47.0 Å². The van der Waals surface area contributed by atoms with Crippen LogP contribution in [0, 0.1) is 0 Å². The van der Waals surface area contributed by atoms with Crippen LogP contribution in [0.25, 0.3) is 11.0 Å². The standard InChI is InChI=1S/C20H23N5O3S/c26-20(21-10-8-18-22-16-5-1-2-6-17(16)23-18)19-14-4-3-7-15(14)24-25(19)13-9-11-29(27,28)12-13/h1-2,5-6,13H,3-4,7-12H2,(H,21,26)(H,22,23). The van der Waals surface area contributed by atoms with Crippen LogP contribution in [0.5, 0.6) is 0 Å². The third-order valence-corrected chi connectivity index (χ3v) is 7.54. The van der Waals surface area contributed by atoms with Crippen LogP contribution >= 0.6 is 0 Å². The average Bonchev–Trinajstić information content (AvgIpc) is 3.42. The molecule has 2 N–H and O–H groups in total. The number of imidazole rings is 1. The van der Waals surface area contributed by atoms with Gasteiger partial charge in [0.25, 0.3) is 5.91 Å². The maximum atomic E-state index is 13.0. The van der Waals surface area contributed by atoms with Crippen molar-refractivity contribution in [3.63, 3.8) is 0 Å². The van der Waals surface area contributed by atoms with Crippen molar-refractivity contribution < 1.29 is 13.2 Å². The Morgan fingerprint density at radius 2 is 2.14 bits per heavy atom. The molecule has 3 heterocycles. The van der Waals surface area contributed by atoms with Crippen molar-refractivity contribution in [3.8, 4) is 0 Å². The van der Waals surface area contributed by atoms with Gasteiger partial charge in [0.15, 0.2) is 9.84 Å². The van der Waals surface area contributed by atoms with Gasteiger partial charge in [0.2, 0.25) is 0 Å². The van der Waals surface area contributed by atoms with Gasteiger partial charge in [-0.25, -0.2) is 13.4 Å². The number of sulfone groups is 1. The number of fused-ring (bicyclic) bond motifs is 2. The number of hydrogen-bond donors (Lipinski definition) is 2. The summed E-state index contributed by atoms with van der Waals surface area (Å²) in [5, 5.41) is 7.61. The van der Waals surface area contributed by atoms with Crippen LogP contribution in [0.3, 0.4) is 0 Å². The first kappa shape index (κ1) is 18.4. The van der Waals surface area contributed by atoms with Gasteiger partial charge in [-0.15, -0.1) is 0 Å². The molecule has 5 rings (SSSR count). The summed E-state index contributed by atoms with van der Waals surface area (Å²) >= 11 is 0. The minimum absolute atomic E-state index is 0.0623. The van der Waals surface area contributed by atoms with Gasteiger partial charge in [-0.2, -0.15) is 5.10 Å². The van der Waals surface area contributed by atoms with Crippen LogP contribution in [0.4, 0.5) is 0 Å². The summed E-state index contributed by atoms with van der Waals surface area (Å²) in [5.41, 5.74) is 4.36. The fourth-order valence-electron chi connectivity index (χ4n) is 4.39. The second-order valence-corrected chi connectivity index (χ2v) is 10.1. The van der Waals surface area contributed by atoms with E-state index in [1.165, 1.54) is 0 Å². The van der Waals surface area contributed by atoms with Gasteiger partial charge >= 0.3 is 0 Å². The van der Waals surface area contributed by atoms with Crippen molar-refractivity contribution in [2.45, 2.75) is 38.1 Å². The number of aromatic amines is 1. The largest absolute Gasteiger partial charge is 0.350 e. The Bertz CT molecular complexity index is 1160. The van der Waals surface area contributed by atoms with Crippen LogP contribution in [-0.4, -0.2) is 52.1 Å². The summed E-state index contributed by atoms with van der Waals surface area (Å²) in [5.74, 6) is 0.871. The molecule has 1 amide bonds. The number of carbonyl (C=O) groups is 1. The topological polar surface area (TPSA) is 110 Å². The predicted molar refractivity (Wildman–Crippen MR) is 109 cm³/mol. The molecule has 1 aliphatic carbocycles. The van der Waals surface area contributed by atoms with Gasteiger partial charge < -0.3 is 10.3 Å². The number of para-hydroxylation sites is 2. The third kappa shape index (κ3) is 3.43. The molecule has 1 aromatic carbocycles. The fourth-order valence-corrected chi connectivity index (χ4v) is 6.08. The van der Waals surface area contributed by atoms with Crippen molar-refractivity contribution in [2.75, 3.05) is 18.1 Å². The Labute approximate surface area is 168 Å².